The van der Waals surface area contributed by atoms with E-state index in [0.717, 1.165) is 16.8 Å². The van der Waals surface area contributed by atoms with Gasteiger partial charge in [-0.25, -0.2) is 0 Å². The molecule has 6 nitrogen and oxygen atoms in total. The summed E-state index contributed by atoms with van der Waals surface area (Å²) in [6, 6.07) is 0. The first kappa shape index (κ1) is 11.0. The molecule has 0 fully saturated rings. The van der Waals surface area contributed by atoms with Gasteiger partial charge < -0.3 is 17.2 Å². The van der Waals surface area contributed by atoms with Crippen molar-refractivity contribution in [2.24, 2.45) is 28.2 Å². The summed E-state index contributed by atoms with van der Waals surface area (Å²) in [5.74, 6) is 0.0607. The Kier molecular flexibility index (Phi) is 2.70. The van der Waals surface area contributed by atoms with Crippen LogP contribution < -0.4 is 22.6 Å². The van der Waals surface area contributed by atoms with Crippen molar-refractivity contribution >= 4 is 11.8 Å². The molecular formula is C11H14N6. The van der Waals surface area contributed by atoms with Gasteiger partial charge in [0.1, 0.15) is 5.84 Å². The fourth-order valence-corrected chi connectivity index (χ4v) is 1.86. The summed E-state index contributed by atoms with van der Waals surface area (Å²) in [5.41, 5.74) is 21.4. The zero-order valence-electron chi connectivity index (χ0n) is 9.14. The van der Waals surface area contributed by atoms with Crippen LogP contribution in [0.3, 0.4) is 0 Å². The highest BCUT2D eigenvalue weighted by Crippen LogP contribution is 2.34. The van der Waals surface area contributed by atoms with E-state index in [1.54, 1.807) is 0 Å². The van der Waals surface area contributed by atoms with Crippen LogP contribution in [0.15, 0.2) is 52.3 Å². The van der Waals surface area contributed by atoms with Gasteiger partial charge >= 0.3 is 0 Å². The number of amidine groups is 1. The first-order valence-corrected chi connectivity index (χ1v) is 5.09. The minimum absolute atomic E-state index is 0.0264. The van der Waals surface area contributed by atoms with Crippen LogP contribution in [0.2, 0.25) is 0 Å². The van der Waals surface area contributed by atoms with Gasteiger partial charge in [-0.05, 0) is 11.6 Å². The molecule has 0 saturated carbocycles. The van der Waals surface area contributed by atoms with E-state index in [0.29, 0.717) is 0 Å². The van der Waals surface area contributed by atoms with E-state index in [1.807, 2.05) is 30.4 Å². The Morgan fingerprint density at radius 2 is 2.00 bits per heavy atom. The van der Waals surface area contributed by atoms with E-state index in [9.17, 15) is 0 Å². The average Bonchev–Trinajstić information content (AvgIpc) is 2.68. The van der Waals surface area contributed by atoms with Crippen molar-refractivity contribution in [1.29, 1.82) is 5.41 Å². The molecule has 0 heterocycles. The van der Waals surface area contributed by atoms with Gasteiger partial charge in [0.2, 0.25) is 5.96 Å². The molecule has 0 aliphatic heterocycles. The lowest BCUT2D eigenvalue weighted by molar-refractivity contribution is 0.765. The van der Waals surface area contributed by atoms with Crippen molar-refractivity contribution in [2.45, 2.75) is 0 Å². The Balaban J connectivity index is 2.18. The summed E-state index contributed by atoms with van der Waals surface area (Å²) >= 11 is 0. The third-order valence-electron chi connectivity index (χ3n) is 2.59. The Morgan fingerprint density at radius 3 is 2.65 bits per heavy atom. The summed E-state index contributed by atoms with van der Waals surface area (Å²) < 4.78 is 0. The molecule has 8 N–H and O–H groups in total. The summed E-state index contributed by atoms with van der Waals surface area (Å²) in [5, 5.41) is 11.2. The second kappa shape index (κ2) is 4.17. The Morgan fingerprint density at radius 1 is 1.24 bits per heavy atom. The Hall–Kier alpha value is -2.50. The van der Waals surface area contributed by atoms with Gasteiger partial charge in [0.25, 0.3) is 0 Å². The second-order valence-corrected chi connectivity index (χ2v) is 3.75. The standard InChI is InChI=1S/C11H14N6/c12-10(13)8-3-1-2-7-6(8)4-5-9(7)16-17-11(14)15/h1-5,7,16H,(H3,12,13)(H4,14,15,17). The monoisotopic (exact) mass is 230 g/mol. The van der Waals surface area contributed by atoms with Crippen LogP contribution in [-0.4, -0.2) is 11.8 Å². The Labute approximate surface area is 98.7 Å². The largest absolute Gasteiger partial charge is 0.384 e. The number of fused-ring (bicyclic) bond motifs is 1. The van der Waals surface area contributed by atoms with E-state index in [2.05, 4.69) is 10.5 Å². The summed E-state index contributed by atoms with van der Waals surface area (Å²) in [4.78, 5) is 0. The first-order chi connectivity index (χ1) is 8.09. The van der Waals surface area contributed by atoms with Crippen molar-refractivity contribution in [1.82, 2.24) is 5.43 Å². The van der Waals surface area contributed by atoms with E-state index >= 15 is 0 Å². The molecule has 0 bridgehead atoms. The second-order valence-electron chi connectivity index (χ2n) is 3.75. The molecule has 88 valence electrons. The number of allylic oxidation sites excluding steroid dienone is 5. The molecule has 0 aromatic rings. The molecule has 2 aliphatic carbocycles. The number of nitrogens with one attached hydrogen (secondary N) is 2. The molecule has 0 aromatic heterocycles. The van der Waals surface area contributed by atoms with E-state index < -0.39 is 0 Å². The lowest BCUT2D eigenvalue weighted by atomic mass is 9.89. The topological polar surface area (TPSA) is 126 Å². The van der Waals surface area contributed by atoms with Gasteiger partial charge in [-0.1, -0.05) is 24.3 Å². The van der Waals surface area contributed by atoms with E-state index in [-0.39, 0.29) is 17.7 Å². The zero-order valence-corrected chi connectivity index (χ0v) is 9.14. The van der Waals surface area contributed by atoms with Crippen LogP contribution in [0.5, 0.6) is 0 Å². The number of nitrogens with two attached hydrogens (primary N) is 3. The van der Waals surface area contributed by atoms with Gasteiger partial charge in [0, 0.05) is 17.2 Å². The van der Waals surface area contributed by atoms with Crippen molar-refractivity contribution in [3.8, 4) is 0 Å². The number of nitrogens with zero attached hydrogens (tertiary/aromatic N) is 1. The fourth-order valence-electron chi connectivity index (χ4n) is 1.86. The number of hydrogen-bond donors (Lipinski definition) is 5. The van der Waals surface area contributed by atoms with Gasteiger partial charge in [0.15, 0.2) is 0 Å². The van der Waals surface area contributed by atoms with Crippen LogP contribution in [0.1, 0.15) is 0 Å². The molecule has 0 aromatic carbocycles. The maximum absolute atomic E-state index is 7.50. The highest BCUT2D eigenvalue weighted by molar-refractivity contribution is 6.00. The average molecular weight is 230 g/mol. The number of hydrazone groups is 1. The van der Waals surface area contributed by atoms with Crippen molar-refractivity contribution in [3.05, 3.63) is 47.2 Å². The highest BCUT2D eigenvalue weighted by atomic mass is 15.3. The third kappa shape index (κ3) is 2.05. The molecule has 0 spiro atoms. The molecule has 0 saturated heterocycles. The zero-order chi connectivity index (χ0) is 12.4. The van der Waals surface area contributed by atoms with Crippen LogP contribution >= 0.6 is 0 Å². The maximum Gasteiger partial charge on any atom is 0.208 e. The minimum atomic E-state index is -0.0264. The molecular weight excluding hydrogens is 216 g/mol. The van der Waals surface area contributed by atoms with E-state index in [1.165, 1.54) is 0 Å². The van der Waals surface area contributed by atoms with Gasteiger partial charge in [-0.2, -0.15) is 0 Å². The molecule has 1 atom stereocenters. The highest BCUT2D eigenvalue weighted by Gasteiger charge is 2.26. The summed E-state index contributed by atoms with van der Waals surface area (Å²) in [7, 11) is 0. The van der Waals surface area contributed by atoms with Crippen LogP contribution in [-0.2, 0) is 0 Å². The van der Waals surface area contributed by atoms with Gasteiger partial charge in [-0.3, -0.25) is 10.8 Å². The predicted octanol–water partition coefficient (Wildman–Crippen LogP) is -0.363. The Bertz CT molecular complexity index is 502. The van der Waals surface area contributed by atoms with Crippen molar-refractivity contribution in [3.63, 3.8) is 0 Å². The molecule has 0 amide bonds. The quantitative estimate of drug-likeness (QED) is 0.258. The lowest BCUT2D eigenvalue weighted by Gasteiger charge is -2.20. The normalized spacial score (nSPS) is 20.9. The SMILES string of the molecule is N=C(N)C1=CC=CC2C(NN=C(N)N)=CC=C12. The molecule has 6 heteroatoms. The molecule has 0 radical (unpaired) electrons. The fraction of sp³-hybridized carbons (Fsp3) is 0.0909. The smallest absolute Gasteiger partial charge is 0.208 e. The molecule has 2 rings (SSSR count). The van der Waals surface area contributed by atoms with E-state index in [4.69, 9.17) is 22.6 Å². The van der Waals surface area contributed by atoms with Crippen molar-refractivity contribution in [2.75, 3.05) is 0 Å². The number of hydrogen-bond acceptors (Lipinski definition) is 3. The lowest BCUT2D eigenvalue weighted by Crippen LogP contribution is -2.27. The first-order valence-electron chi connectivity index (χ1n) is 5.09. The van der Waals surface area contributed by atoms with Crippen LogP contribution in [0, 0.1) is 11.3 Å². The number of guanidine groups is 1. The third-order valence-corrected chi connectivity index (χ3v) is 2.59. The summed E-state index contributed by atoms with van der Waals surface area (Å²) in [6.07, 6.45) is 9.47. The van der Waals surface area contributed by atoms with Gasteiger partial charge in [-0.15, -0.1) is 5.10 Å². The van der Waals surface area contributed by atoms with Gasteiger partial charge in [0.05, 0.1) is 0 Å². The van der Waals surface area contributed by atoms with Crippen molar-refractivity contribution < 1.29 is 0 Å². The van der Waals surface area contributed by atoms with Crippen LogP contribution in [0.25, 0.3) is 0 Å². The number of rotatable bonds is 3. The summed E-state index contributed by atoms with van der Waals surface area (Å²) in [6.45, 7) is 0. The van der Waals surface area contributed by atoms with Crippen LogP contribution in [0.4, 0.5) is 0 Å². The maximum atomic E-state index is 7.50. The molecule has 17 heavy (non-hydrogen) atoms. The molecule has 1 unspecified atom stereocenters. The minimum Gasteiger partial charge on any atom is -0.384 e. The predicted molar refractivity (Wildman–Crippen MR) is 67.7 cm³/mol. The molecule has 2 aliphatic rings.